The van der Waals surface area contributed by atoms with Gasteiger partial charge in [0.05, 0.1) is 22.2 Å². The zero-order valence-corrected chi connectivity index (χ0v) is 20.0. The van der Waals surface area contributed by atoms with Crippen LogP contribution in [-0.4, -0.2) is 32.2 Å². The van der Waals surface area contributed by atoms with Gasteiger partial charge in [-0.25, -0.2) is 18.1 Å². The Hall–Kier alpha value is -3.60. The second-order valence-electron chi connectivity index (χ2n) is 7.41. The van der Waals surface area contributed by atoms with Crippen LogP contribution in [0.25, 0.3) is 10.2 Å². The number of amides is 1. The Bertz CT molecular complexity index is 1460. The van der Waals surface area contributed by atoms with Crippen molar-refractivity contribution in [2.45, 2.75) is 18.4 Å². The van der Waals surface area contributed by atoms with Gasteiger partial charge >= 0.3 is 0 Å². The molecule has 1 aromatic heterocycles. The quantitative estimate of drug-likeness (QED) is 0.354. The number of sulfonamides is 1. The molecule has 0 radical (unpaired) electrons. The number of nitrogens with one attached hydrogen (secondary N) is 2. The average molecular weight is 496 g/mol. The van der Waals surface area contributed by atoms with Crippen LogP contribution in [0.15, 0.2) is 71.6 Å². The lowest BCUT2D eigenvalue weighted by Crippen LogP contribution is -2.23. The molecule has 0 atom stereocenters. The minimum atomic E-state index is -3.74. The normalized spacial score (nSPS) is 11.4. The van der Waals surface area contributed by atoms with Crippen LogP contribution in [0.5, 0.6) is 5.75 Å². The molecule has 0 fully saturated rings. The number of carbonyl (C=O) groups excluding carboxylic acids is 2. The van der Waals surface area contributed by atoms with E-state index in [0.29, 0.717) is 27.6 Å². The summed E-state index contributed by atoms with van der Waals surface area (Å²) in [5, 5.41) is 3.26. The van der Waals surface area contributed by atoms with Crippen molar-refractivity contribution < 1.29 is 22.7 Å². The molecule has 0 saturated carbocycles. The van der Waals surface area contributed by atoms with Crippen LogP contribution in [0, 0.1) is 0 Å². The number of fused-ring (bicyclic) bond motifs is 1. The molecule has 0 aliphatic rings. The third kappa shape index (κ3) is 5.30. The van der Waals surface area contributed by atoms with E-state index in [0.717, 1.165) is 10.2 Å². The van der Waals surface area contributed by atoms with Crippen molar-refractivity contribution in [3.8, 4) is 5.75 Å². The molecule has 0 unspecified atom stereocenters. The monoisotopic (exact) mass is 495 g/mol. The maximum absolute atomic E-state index is 12.6. The summed E-state index contributed by atoms with van der Waals surface area (Å²) in [7, 11) is -2.15. The van der Waals surface area contributed by atoms with Gasteiger partial charge in [0.15, 0.2) is 10.9 Å². The number of methoxy groups -OCH3 is 1. The van der Waals surface area contributed by atoms with Crippen molar-refractivity contribution in [3.05, 3.63) is 83.4 Å². The Morgan fingerprint density at radius 1 is 0.971 bits per heavy atom. The molecule has 0 aliphatic heterocycles. The van der Waals surface area contributed by atoms with Gasteiger partial charge in [-0.05, 0) is 55.0 Å². The van der Waals surface area contributed by atoms with E-state index in [1.807, 2.05) is 18.2 Å². The van der Waals surface area contributed by atoms with E-state index in [1.54, 1.807) is 31.4 Å². The van der Waals surface area contributed by atoms with E-state index >= 15 is 0 Å². The van der Waals surface area contributed by atoms with Crippen LogP contribution in [0.4, 0.5) is 5.13 Å². The largest absolute Gasteiger partial charge is 0.497 e. The molecule has 3 aromatic carbocycles. The highest BCUT2D eigenvalue weighted by Crippen LogP contribution is 2.29. The Morgan fingerprint density at radius 3 is 2.29 bits per heavy atom. The highest BCUT2D eigenvalue weighted by Gasteiger charge is 2.15. The summed E-state index contributed by atoms with van der Waals surface area (Å²) in [5.41, 5.74) is 2.31. The second kappa shape index (κ2) is 9.72. The van der Waals surface area contributed by atoms with Gasteiger partial charge in [0.1, 0.15) is 5.75 Å². The molecule has 174 valence electrons. The summed E-state index contributed by atoms with van der Waals surface area (Å²) in [5.74, 6) is 0.265. The van der Waals surface area contributed by atoms with Crippen LogP contribution < -0.4 is 14.8 Å². The number of carbonyl (C=O) groups is 2. The minimum absolute atomic E-state index is 0.0540. The van der Waals surface area contributed by atoms with Crippen molar-refractivity contribution in [1.29, 1.82) is 0 Å². The third-order valence-electron chi connectivity index (χ3n) is 5.07. The summed E-state index contributed by atoms with van der Waals surface area (Å²) >= 11 is 1.35. The van der Waals surface area contributed by atoms with E-state index in [4.69, 9.17) is 4.74 Å². The molecule has 0 bridgehead atoms. The Balaban J connectivity index is 1.38. The topological polar surface area (TPSA) is 114 Å². The Morgan fingerprint density at radius 2 is 1.65 bits per heavy atom. The number of benzene rings is 3. The molecule has 34 heavy (non-hydrogen) atoms. The van der Waals surface area contributed by atoms with E-state index in [9.17, 15) is 18.0 Å². The maximum Gasteiger partial charge on any atom is 0.257 e. The molecule has 0 spiro atoms. The fraction of sp³-hybridized carbons (Fsp3) is 0.125. The predicted octanol–water partition coefficient (Wildman–Crippen LogP) is 4.24. The van der Waals surface area contributed by atoms with Gasteiger partial charge in [-0.1, -0.05) is 35.6 Å². The molecule has 8 nitrogen and oxygen atoms in total. The number of Topliss-reactive ketones (excluding diaryl/α,β-unsaturated/α-hetero) is 1. The SMILES string of the molecule is COc1ccc2nc(NC(=O)c3ccc(CNS(=O)(=O)c4ccc(C(C)=O)cc4)cc3)sc2c1. The van der Waals surface area contributed by atoms with E-state index < -0.39 is 10.0 Å². The van der Waals surface area contributed by atoms with Crippen LogP contribution >= 0.6 is 11.3 Å². The number of aromatic nitrogens is 1. The van der Waals surface area contributed by atoms with Crippen molar-refractivity contribution >= 4 is 48.4 Å². The van der Waals surface area contributed by atoms with Crippen molar-refractivity contribution in [2.24, 2.45) is 0 Å². The second-order valence-corrected chi connectivity index (χ2v) is 10.2. The first kappa shape index (κ1) is 23.6. The number of thiazole rings is 1. The number of rotatable bonds is 8. The highest BCUT2D eigenvalue weighted by molar-refractivity contribution is 7.89. The van der Waals surface area contributed by atoms with Gasteiger partial charge < -0.3 is 4.74 Å². The smallest absolute Gasteiger partial charge is 0.257 e. The van der Waals surface area contributed by atoms with E-state index in [1.165, 1.54) is 42.5 Å². The molecule has 4 aromatic rings. The molecular weight excluding hydrogens is 474 g/mol. The summed E-state index contributed by atoms with van der Waals surface area (Å²) < 4.78 is 33.6. The maximum atomic E-state index is 12.6. The van der Waals surface area contributed by atoms with Gasteiger partial charge in [-0.2, -0.15) is 0 Å². The van der Waals surface area contributed by atoms with Crippen LogP contribution in [-0.2, 0) is 16.6 Å². The van der Waals surface area contributed by atoms with Gasteiger partial charge in [-0.3, -0.25) is 14.9 Å². The Kier molecular flexibility index (Phi) is 6.73. The number of hydrogen-bond acceptors (Lipinski definition) is 7. The molecule has 0 saturated heterocycles. The number of anilines is 1. The van der Waals surface area contributed by atoms with Gasteiger partial charge in [0.25, 0.3) is 5.91 Å². The zero-order chi connectivity index (χ0) is 24.3. The first-order chi connectivity index (χ1) is 16.2. The average Bonchev–Trinajstić information content (AvgIpc) is 3.24. The first-order valence-electron chi connectivity index (χ1n) is 10.2. The van der Waals surface area contributed by atoms with Crippen LogP contribution in [0.3, 0.4) is 0 Å². The number of ether oxygens (including phenoxy) is 1. The van der Waals surface area contributed by atoms with E-state index in [-0.39, 0.29) is 23.1 Å². The van der Waals surface area contributed by atoms with Gasteiger partial charge in [-0.15, -0.1) is 0 Å². The lowest BCUT2D eigenvalue weighted by molar-refractivity contribution is 0.101. The number of ketones is 1. The van der Waals surface area contributed by atoms with Crippen molar-refractivity contribution in [1.82, 2.24) is 9.71 Å². The minimum Gasteiger partial charge on any atom is -0.497 e. The first-order valence-corrected chi connectivity index (χ1v) is 12.5. The van der Waals surface area contributed by atoms with Crippen LogP contribution in [0.2, 0.25) is 0 Å². The summed E-state index contributed by atoms with van der Waals surface area (Å²) in [4.78, 5) is 28.4. The van der Waals surface area contributed by atoms with Crippen molar-refractivity contribution in [2.75, 3.05) is 12.4 Å². The van der Waals surface area contributed by atoms with Gasteiger partial charge in [0.2, 0.25) is 10.0 Å². The molecular formula is C24H21N3O5S2. The Labute approximate surface area is 200 Å². The summed E-state index contributed by atoms with van der Waals surface area (Å²) in [6.07, 6.45) is 0. The predicted molar refractivity (Wildman–Crippen MR) is 131 cm³/mol. The molecule has 10 heteroatoms. The van der Waals surface area contributed by atoms with Gasteiger partial charge in [0, 0.05) is 17.7 Å². The van der Waals surface area contributed by atoms with Crippen LogP contribution in [0.1, 0.15) is 33.2 Å². The lowest BCUT2D eigenvalue weighted by Gasteiger charge is -2.08. The fourth-order valence-corrected chi connectivity index (χ4v) is 5.07. The summed E-state index contributed by atoms with van der Waals surface area (Å²) in [6.45, 7) is 1.47. The zero-order valence-electron chi connectivity index (χ0n) is 18.4. The highest BCUT2D eigenvalue weighted by atomic mass is 32.2. The number of nitrogens with zero attached hydrogens (tertiary/aromatic N) is 1. The molecule has 1 amide bonds. The molecule has 1 heterocycles. The molecule has 4 rings (SSSR count). The number of hydrogen-bond donors (Lipinski definition) is 2. The standard InChI is InChI=1S/C24H21N3O5S2/c1-15(28)17-7-10-20(11-8-17)34(30,31)25-14-16-3-5-18(6-4-16)23(29)27-24-26-21-12-9-19(32-2)13-22(21)33-24/h3-13,25H,14H2,1-2H3,(H,26,27,29). The molecule has 0 aliphatic carbocycles. The van der Waals surface area contributed by atoms with E-state index in [2.05, 4.69) is 15.0 Å². The molecule has 2 N–H and O–H groups in total. The summed E-state index contributed by atoms with van der Waals surface area (Å²) in [6, 6.07) is 17.8. The third-order valence-corrected chi connectivity index (χ3v) is 7.42. The fourth-order valence-electron chi connectivity index (χ4n) is 3.16. The lowest BCUT2D eigenvalue weighted by atomic mass is 10.1. The van der Waals surface area contributed by atoms with Crippen molar-refractivity contribution in [3.63, 3.8) is 0 Å².